The van der Waals surface area contributed by atoms with E-state index in [1.54, 1.807) is 0 Å². The molecule has 7 aromatic carbocycles. The predicted molar refractivity (Wildman–Crippen MR) is 303 cm³/mol. The summed E-state index contributed by atoms with van der Waals surface area (Å²) in [6.07, 6.45) is 0. The predicted octanol–water partition coefficient (Wildman–Crippen LogP) is 20.7. The third-order valence-corrected chi connectivity index (χ3v) is 15.0. The first kappa shape index (κ1) is 51.7. The standard InChI is InChI=1S/C66H79NOS/c1-38(2)52-24-18-25-53(39(3)4)62(52)49-33-48(34-50(35-49)63-54(40(5)6)26-19-27-55(63)41(7)8)46-22-17-23-47(32-46)60-36-51(64-56(42(9)10)28-20-29-57(64)43(11)12)37-61(66(60)69-67-68)65-58(44(13)14)30-21-31-59(65)45(15)16/h17-45,67-68H,1-16H3. The molecule has 0 aromatic heterocycles. The summed E-state index contributed by atoms with van der Waals surface area (Å²) in [5, 5.41) is 10.8. The van der Waals surface area contributed by atoms with Crippen molar-refractivity contribution in [3.63, 3.8) is 0 Å². The second-order valence-electron chi connectivity index (χ2n) is 22.0. The molecule has 0 aliphatic rings. The Labute approximate surface area is 421 Å². The maximum atomic E-state index is 10.8. The lowest BCUT2D eigenvalue weighted by molar-refractivity contribution is 0.258. The average Bonchev–Trinajstić information content (AvgIpc) is 3.32. The number of rotatable bonds is 16. The minimum atomic E-state index is 0.291. The zero-order valence-electron chi connectivity index (χ0n) is 44.6. The first-order chi connectivity index (χ1) is 32.8. The van der Waals surface area contributed by atoms with E-state index in [2.05, 4.69) is 243 Å². The Morgan fingerprint density at radius 1 is 0.290 bits per heavy atom. The van der Waals surface area contributed by atoms with Crippen LogP contribution in [-0.2, 0) is 0 Å². The minimum Gasteiger partial charge on any atom is -0.306 e. The van der Waals surface area contributed by atoms with Crippen LogP contribution in [0.3, 0.4) is 0 Å². The van der Waals surface area contributed by atoms with Gasteiger partial charge in [-0.05, 0) is 207 Å². The number of hydrogen-bond acceptors (Lipinski definition) is 3. The van der Waals surface area contributed by atoms with E-state index in [-0.39, 0.29) is 0 Å². The molecular weight excluding hydrogens is 855 g/mol. The monoisotopic (exact) mass is 934 g/mol. The summed E-state index contributed by atoms with van der Waals surface area (Å²) >= 11 is 1.31. The highest BCUT2D eigenvalue weighted by molar-refractivity contribution is 7.97. The van der Waals surface area contributed by atoms with Crippen molar-refractivity contribution < 1.29 is 5.21 Å². The molecule has 0 saturated heterocycles. The van der Waals surface area contributed by atoms with Crippen LogP contribution in [-0.4, -0.2) is 5.21 Å². The smallest absolute Gasteiger partial charge is 0.0406 e. The van der Waals surface area contributed by atoms with Crippen molar-refractivity contribution in [2.45, 2.75) is 163 Å². The summed E-state index contributed by atoms with van der Waals surface area (Å²) in [5.74, 6) is 2.66. The highest BCUT2D eigenvalue weighted by Crippen LogP contribution is 2.50. The van der Waals surface area contributed by atoms with Gasteiger partial charge in [-0.1, -0.05) is 202 Å². The van der Waals surface area contributed by atoms with Gasteiger partial charge in [-0.2, -0.15) is 0 Å². The lowest BCUT2D eigenvalue weighted by Crippen LogP contribution is -2.05. The molecule has 2 nitrogen and oxygen atoms in total. The average molecular weight is 934 g/mol. The fraction of sp³-hybridized carbons (Fsp3) is 0.364. The van der Waals surface area contributed by atoms with E-state index in [0.717, 1.165) is 27.1 Å². The van der Waals surface area contributed by atoms with E-state index in [1.807, 2.05) is 0 Å². The SMILES string of the molecule is CC(C)c1cccc(C(C)C)c1-c1cc(-c2cccc(-c3cc(-c4c(C(C)C)cccc4C(C)C)cc(-c4c(C(C)C)cccc4C(C)C)c3SNO)c2)cc(-c2c(C(C)C)cccc2C(C)C)c1. The van der Waals surface area contributed by atoms with E-state index in [0.29, 0.717) is 47.3 Å². The summed E-state index contributed by atoms with van der Waals surface area (Å²) in [6.45, 7) is 37.1. The molecule has 0 amide bonds. The molecule has 2 N–H and O–H groups in total. The lowest BCUT2D eigenvalue weighted by atomic mass is 9.80. The molecule has 0 saturated carbocycles. The molecule has 0 unspecified atom stereocenters. The van der Waals surface area contributed by atoms with Crippen molar-refractivity contribution in [3.8, 4) is 66.8 Å². The highest BCUT2D eigenvalue weighted by Gasteiger charge is 2.26. The first-order valence-corrected chi connectivity index (χ1v) is 26.7. The number of hydrogen-bond donors (Lipinski definition) is 2. The molecule has 0 aliphatic heterocycles. The normalized spacial score (nSPS) is 12.1. The van der Waals surface area contributed by atoms with Crippen LogP contribution in [0.25, 0.3) is 66.8 Å². The summed E-state index contributed by atoms with van der Waals surface area (Å²) in [5.41, 5.74) is 25.6. The molecule has 0 spiro atoms. The Hall–Kier alpha value is -5.19. The van der Waals surface area contributed by atoms with Gasteiger partial charge in [0.2, 0.25) is 0 Å². The van der Waals surface area contributed by atoms with Crippen LogP contribution >= 0.6 is 11.9 Å². The summed E-state index contributed by atoms with van der Waals surface area (Å²) < 4.78 is 0. The second-order valence-corrected chi connectivity index (χ2v) is 22.8. The fourth-order valence-electron chi connectivity index (χ4n) is 10.8. The molecule has 7 aromatic rings. The fourth-order valence-corrected chi connectivity index (χ4v) is 11.4. The molecule has 0 bridgehead atoms. The van der Waals surface area contributed by atoms with Crippen LogP contribution in [0.2, 0.25) is 0 Å². The van der Waals surface area contributed by atoms with Crippen molar-refractivity contribution in [2.24, 2.45) is 0 Å². The van der Waals surface area contributed by atoms with Gasteiger partial charge in [0, 0.05) is 4.90 Å². The minimum absolute atomic E-state index is 0.291. The van der Waals surface area contributed by atoms with Gasteiger partial charge in [0.15, 0.2) is 0 Å². The second kappa shape index (κ2) is 21.8. The van der Waals surface area contributed by atoms with Gasteiger partial charge in [-0.3, -0.25) is 0 Å². The van der Waals surface area contributed by atoms with Gasteiger partial charge in [0.1, 0.15) is 0 Å². The van der Waals surface area contributed by atoms with E-state index in [9.17, 15) is 5.21 Å². The molecule has 7 rings (SSSR count). The Morgan fingerprint density at radius 3 is 0.884 bits per heavy atom. The van der Waals surface area contributed by atoms with Crippen molar-refractivity contribution >= 4 is 11.9 Å². The number of benzene rings is 7. The van der Waals surface area contributed by atoms with Crippen LogP contribution < -0.4 is 4.89 Å². The Balaban J connectivity index is 1.61. The van der Waals surface area contributed by atoms with Crippen LogP contribution in [0.4, 0.5) is 0 Å². The maximum absolute atomic E-state index is 10.8. The Kier molecular flexibility index (Phi) is 16.4. The third-order valence-electron chi connectivity index (χ3n) is 14.3. The summed E-state index contributed by atoms with van der Waals surface area (Å²) in [7, 11) is 0. The zero-order chi connectivity index (χ0) is 50.0. The Morgan fingerprint density at radius 2 is 0.551 bits per heavy atom. The van der Waals surface area contributed by atoms with E-state index < -0.39 is 0 Å². The lowest BCUT2D eigenvalue weighted by Gasteiger charge is -2.26. The van der Waals surface area contributed by atoms with Crippen molar-refractivity contribution in [1.82, 2.24) is 4.89 Å². The highest BCUT2D eigenvalue weighted by atomic mass is 32.2. The van der Waals surface area contributed by atoms with Gasteiger partial charge >= 0.3 is 0 Å². The molecule has 360 valence electrons. The van der Waals surface area contributed by atoms with Gasteiger partial charge in [-0.15, -0.1) is 4.89 Å². The van der Waals surface area contributed by atoms with Crippen molar-refractivity contribution in [1.29, 1.82) is 0 Å². The molecule has 0 fully saturated rings. The molecule has 0 heterocycles. The summed E-state index contributed by atoms with van der Waals surface area (Å²) in [4.78, 5) is 3.60. The molecule has 0 aliphatic carbocycles. The van der Waals surface area contributed by atoms with Crippen LogP contribution in [0.5, 0.6) is 0 Å². The van der Waals surface area contributed by atoms with Crippen LogP contribution in [0.15, 0.2) is 132 Å². The molecule has 0 atom stereocenters. The van der Waals surface area contributed by atoms with Gasteiger partial charge < -0.3 is 5.21 Å². The molecular formula is C66H79NOS. The topological polar surface area (TPSA) is 32.3 Å². The largest absolute Gasteiger partial charge is 0.306 e. The maximum Gasteiger partial charge on any atom is 0.0406 e. The van der Waals surface area contributed by atoms with Crippen molar-refractivity contribution in [2.75, 3.05) is 0 Å². The number of nitrogens with one attached hydrogen (secondary N) is 1. The molecule has 69 heavy (non-hydrogen) atoms. The van der Waals surface area contributed by atoms with Crippen LogP contribution in [0, 0.1) is 0 Å². The first-order valence-electron chi connectivity index (χ1n) is 25.9. The van der Waals surface area contributed by atoms with Gasteiger partial charge in [-0.25, -0.2) is 0 Å². The van der Waals surface area contributed by atoms with E-state index >= 15 is 0 Å². The van der Waals surface area contributed by atoms with Crippen LogP contribution in [0.1, 0.15) is 203 Å². The van der Waals surface area contributed by atoms with Crippen molar-refractivity contribution in [3.05, 3.63) is 172 Å². The zero-order valence-corrected chi connectivity index (χ0v) is 45.4. The Bertz CT molecular complexity index is 2740. The van der Waals surface area contributed by atoms with E-state index in [1.165, 1.54) is 101 Å². The summed E-state index contributed by atoms with van der Waals surface area (Å²) in [6, 6.07) is 49.0. The third kappa shape index (κ3) is 10.6. The quantitative estimate of drug-likeness (QED) is 0.0748. The van der Waals surface area contributed by atoms with Gasteiger partial charge in [0.25, 0.3) is 0 Å². The molecule has 3 heteroatoms. The van der Waals surface area contributed by atoms with E-state index in [4.69, 9.17) is 0 Å². The molecule has 0 radical (unpaired) electrons. The van der Waals surface area contributed by atoms with Gasteiger partial charge in [0.05, 0.1) is 0 Å².